The number of rotatable bonds is 6. The molecule has 0 aliphatic rings. The van der Waals surface area contributed by atoms with Crippen LogP contribution in [-0.4, -0.2) is 35.9 Å². The number of esters is 1. The standard InChI is InChI=1S/C19H23N3O6S/c1-19(2,3)28-18(25)22-16-20-13(11-29-16)14(15(23)26-4)21-17(24)27-10-12-8-6-5-7-9-12/h5-9,11,14H,10H2,1-4H3,(H,21,24)(H,20,22,25). The summed E-state index contributed by atoms with van der Waals surface area (Å²) in [5, 5.41) is 6.63. The molecule has 1 heterocycles. The van der Waals surface area contributed by atoms with Crippen LogP contribution in [0.15, 0.2) is 35.7 Å². The summed E-state index contributed by atoms with van der Waals surface area (Å²) >= 11 is 1.07. The molecule has 29 heavy (non-hydrogen) atoms. The lowest BCUT2D eigenvalue weighted by Crippen LogP contribution is -2.35. The van der Waals surface area contributed by atoms with Gasteiger partial charge in [0.15, 0.2) is 11.2 Å². The van der Waals surface area contributed by atoms with Crippen LogP contribution in [0.5, 0.6) is 0 Å². The fourth-order valence-corrected chi connectivity index (χ4v) is 2.84. The van der Waals surface area contributed by atoms with Gasteiger partial charge in [-0.3, -0.25) is 5.32 Å². The predicted molar refractivity (Wildman–Crippen MR) is 106 cm³/mol. The summed E-state index contributed by atoms with van der Waals surface area (Å²) in [5.41, 5.74) is 0.335. The molecule has 2 amide bonds. The lowest BCUT2D eigenvalue weighted by atomic mass is 10.2. The summed E-state index contributed by atoms with van der Waals surface area (Å²) in [4.78, 5) is 40.2. The van der Waals surface area contributed by atoms with Gasteiger partial charge in [0.1, 0.15) is 12.2 Å². The highest BCUT2D eigenvalue weighted by molar-refractivity contribution is 7.13. The van der Waals surface area contributed by atoms with Gasteiger partial charge in [-0.1, -0.05) is 30.3 Å². The number of alkyl carbamates (subject to hydrolysis) is 1. The lowest BCUT2D eigenvalue weighted by Gasteiger charge is -2.19. The summed E-state index contributed by atoms with van der Waals surface area (Å²) in [5.74, 6) is -0.726. The lowest BCUT2D eigenvalue weighted by molar-refractivity contribution is -0.143. The van der Waals surface area contributed by atoms with Crippen molar-refractivity contribution in [2.75, 3.05) is 12.4 Å². The Morgan fingerprint density at radius 2 is 1.83 bits per heavy atom. The van der Waals surface area contributed by atoms with Crippen LogP contribution >= 0.6 is 11.3 Å². The summed E-state index contributed by atoms with van der Waals surface area (Å²) in [6, 6.07) is 7.92. The van der Waals surface area contributed by atoms with Crippen molar-refractivity contribution in [1.82, 2.24) is 10.3 Å². The molecular formula is C19H23N3O6S. The SMILES string of the molecule is COC(=O)C(NC(=O)OCc1ccccc1)c1csc(NC(=O)OC(C)(C)C)n1. The van der Waals surface area contributed by atoms with Crippen LogP contribution in [0.4, 0.5) is 14.7 Å². The van der Waals surface area contributed by atoms with Gasteiger partial charge in [0.05, 0.1) is 12.8 Å². The van der Waals surface area contributed by atoms with E-state index in [0.29, 0.717) is 0 Å². The minimum Gasteiger partial charge on any atom is -0.467 e. The second-order valence-corrected chi connectivity index (χ2v) is 7.72. The van der Waals surface area contributed by atoms with Gasteiger partial charge in [0.25, 0.3) is 0 Å². The second-order valence-electron chi connectivity index (χ2n) is 6.87. The van der Waals surface area contributed by atoms with Crippen LogP contribution in [0.2, 0.25) is 0 Å². The Morgan fingerprint density at radius 1 is 1.14 bits per heavy atom. The molecule has 0 fully saturated rings. The van der Waals surface area contributed by atoms with E-state index in [1.54, 1.807) is 32.9 Å². The van der Waals surface area contributed by atoms with Crippen molar-refractivity contribution >= 4 is 34.6 Å². The number of amides is 2. The van der Waals surface area contributed by atoms with Crippen molar-refractivity contribution in [3.05, 3.63) is 47.0 Å². The average molecular weight is 421 g/mol. The molecule has 0 saturated heterocycles. The van der Waals surface area contributed by atoms with Gasteiger partial charge < -0.3 is 19.5 Å². The summed E-state index contributed by atoms with van der Waals surface area (Å²) in [6.07, 6.45) is -1.48. The Balaban J connectivity index is 2.01. The zero-order valence-corrected chi connectivity index (χ0v) is 17.4. The number of anilines is 1. The third-order valence-electron chi connectivity index (χ3n) is 3.34. The molecule has 1 unspecified atom stereocenters. The average Bonchev–Trinajstić information content (AvgIpc) is 3.11. The molecule has 1 atom stereocenters. The van der Waals surface area contributed by atoms with E-state index in [-0.39, 0.29) is 17.4 Å². The van der Waals surface area contributed by atoms with E-state index in [9.17, 15) is 14.4 Å². The first kappa shape index (κ1) is 22.2. The van der Waals surface area contributed by atoms with Crippen LogP contribution < -0.4 is 10.6 Å². The van der Waals surface area contributed by atoms with E-state index in [4.69, 9.17) is 14.2 Å². The summed E-state index contributed by atoms with van der Waals surface area (Å²) in [7, 11) is 1.19. The number of methoxy groups -OCH3 is 1. The van der Waals surface area contributed by atoms with Crippen molar-refractivity contribution in [1.29, 1.82) is 0 Å². The predicted octanol–water partition coefficient (Wildman–Crippen LogP) is 3.63. The molecule has 156 valence electrons. The van der Waals surface area contributed by atoms with Crippen molar-refractivity contribution < 1.29 is 28.6 Å². The molecule has 1 aromatic heterocycles. The molecule has 2 rings (SSSR count). The molecule has 9 nitrogen and oxygen atoms in total. The van der Waals surface area contributed by atoms with Crippen LogP contribution in [0, 0.1) is 0 Å². The maximum Gasteiger partial charge on any atom is 0.413 e. The summed E-state index contributed by atoms with van der Waals surface area (Å²) < 4.78 is 15.0. The van der Waals surface area contributed by atoms with Crippen molar-refractivity contribution in [3.63, 3.8) is 0 Å². The maximum atomic E-state index is 12.1. The molecule has 0 saturated carbocycles. The maximum absolute atomic E-state index is 12.1. The fraction of sp³-hybridized carbons (Fsp3) is 0.368. The topological polar surface area (TPSA) is 116 Å². The first-order valence-electron chi connectivity index (χ1n) is 8.68. The third kappa shape index (κ3) is 7.41. The molecule has 10 heteroatoms. The number of ether oxygens (including phenoxy) is 3. The molecule has 0 radical (unpaired) electrons. The third-order valence-corrected chi connectivity index (χ3v) is 4.11. The van der Waals surface area contributed by atoms with E-state index in [1.165, 1.54) is 12.5 Å². The molecule has 1 aromatic carbocycles. The summed E-state index contributed by atoms with van der Waals surface area (Å²) in [6.45, 7) is 5.25. The van der Waals surface area contributed by atoms with E-state index in [2.05, 4.69) is 15.6 Å². The molecule has 0 spiro atoms. The molecule has 0 aliphatic carbocycles. The Morgan fingerprint density at radius 3 is 2.45 bits per heavy atom. The Hall–Kier alpha value is -3.14. The number of carbonyl (C=O) groups is 3. The van der Waals surface area contributed by atoms with Crippen LogP contribution in [0.25, 0.3) is 0 Å². The highest BCUT2D eigenvalue weighted by Crippen LogP contribution is 2.23. The molecule has 0 bridgehead atoms. The number of nitrogens with zero attached hydrogens (tertiary/aromatic N) is 1. The first-order chi connectivity index (χ1) is 13.7. The normalized spacial score (nSPS) is 11.9. The minimum absolute atomic E-state index is 0.0447. The number of nitrogens with one attached hydrogen (secondary N) is 2. The quantitative estimate of drug-likeness (QED) is 0.540. The van der Waals surface area contributed by atoms with Gasteiger partial charge in [0.2, 0.25) is 0 Å². The van der Waals surface area contributed by atoms with Crippen molar-refractivity contribution in [2.24, 2.45) is 0 Å². The highest BCUT2D eigenvalue weighted by atomic mass is 32.1. The zero-order chi connectivity index (χ0) is 21.4. The van der Waals surface area contributed by atoms with Gasteiger partial charge in [-0.25, -0.2) is 19.4 Å². The van der Waals surface area contributed by atoms with Gasteiger partial charge in [-0.2, -0.15) is 0 Å². The van der Waals surface area contributed by atoms with Crippen molar-refractivity contribution in [3.8, 4) is 0 Å². The Bertz CT molecular complexity index is 847. The second kappa shape index (κ2) is 9.87. The highest BCUT2D eigenvalue weighted by Gasteiger charge is 2.27. The number of hydrogen-bond donors (Lipinski definition) is 2. The number of thiazole rings is 1. The fourth-order valence-electron chi connectivity index (χ4n) is 2.12. The smallest absolute Gasteiger partial charge is 0.413 e. The van der Waals surface area contributed by atoms with Gasteiger partial charge in [0, 0.05) is 5.38 Å². The zero-order valence-electron chi connectivity index (χ0n) is 16.6. The largest absolute Gasteiger partial charge is 0.467 e. The first-order valence-corrected chi connectivity index (χ1v) is 9.56. The molecular weight excluding hydrogens is 398 g/mol. The molecule has 0 aliphatic heterocycles. The van der Waals surface area contributed by atoms with E-state index >= 15 is 0 Å². The number of aromatic nitrogens is 1. The molecule has 2 aromatic rings. The van der Waals surface area contributed by atoms with Crippen LogP contribution in [-0.2, 0) is 25.6 Å². The Kier molecular flexibility index (Phi) is 7.54. The number of benzene rings is 1. The van der Waals surface area contributed by atoms with Gasteiger partial charge in [-0.05, 0) is 26.3 Å². The van der Waals surface area contributed by atoms with Crippen LogP contribution in [0.3, 0.4) is 0 Å². The monoisotopic (exact) mass is 421 g/mol. The number of hydrogen-bond acceptors (Lipinski definition) is 8. The Labute approximate surface area is 172 Å². The molecule has 2 N–H and O–H groups in total. The van der Waals surface area contributed by atoms with Crippen LogP contribution in [0.1, 0.15) is 38.1 Å². The van der Waals surface area contributed by atoms with Gasteiger partial charge in [-0.15, -0.1) is 11.3 Å². The van der Waals surface area contributed by atoms with Gasteiger partial charge >= 0.3 is 18.2 Å². The van der Waals surface area contributed by atoms with Crippen molar-refractivity contribution in [2.45, 2.75) is 39.0 Å². The minimum atomic E-state index is -1.19. The number of carbonyl (C=O) groups excluding carboxylic acids is 3. The van der Waals surface area contributed by atoms with E-state index in [0.717, 1.165) is 16.9 Å². The van der Waals surface area contributed by atoms with E-state index < -0.39 is 29.8 Å². The van der Waals surface area contributed by atoms with E-state index in [1.807, 2.05) is 18.2 Å².